The summed E-state index contributed by atoms with van der Waals surface area (Å²) < 4.78 is 283. The van der Waals surface area contributed by atoms with Crippen LogP contribution in [0.5, 0.6) is 0 Å². The molecule has 0 aliphatic rings. The molecule has 0 unspecified atom stereocenters. The summed E-state index contributed by atoms with van der Waals surface area (Å²) in [7, 11) is 0. The fraction of sp³-hybridized carbons (Fsp3) is 0.667. The van der Waals surface area contributed by atoms with Gasteiger partial charge in [0.1, 0.15) is 0 Å². The second-order valence-corrected chi connectivity index (χ2v) is 5.56. The van der Waals surface area contributed by atoms with E-state index in [9.17, 15) is 105 Å². The number of hydrogen-bond acceptors (Lipinski definition) is 0. The molecule has 0 nitrogen and oxygen atoms in total. The van der Waals surface area contributed by atoms with Gasteiger partial charge in [-0.3, -0.25) is 0 Å². The van der Waals surface area contributed by atoms with Crippen LogP contribution < -0.4 is 0 Å². The maximum atomic E-state index is 12.6. The van der Waals surface area contributed by atoms with Crippen LogP contribution in [0.15, 0.2) is 23.3 Å². The van der Waals surface area contributed by atoms with E-state index >= 15 is 0 Å². The van der Waals surface area contributed by atoms with Gasteiger partial charge in [0.25, 0.3) is 0 Å². The molecule has 0 rings (SSSR count). The average molecular weight is 600 g/mol. The maximum Gasteiger partial charge on any atom is 0.445 e. The number of hydrogen-bond donors (Lipinski definition) is 0. The lowest BCUT2D eigenvalue weighted by molar-refractivity contribution is -0.333. The zero-order chi connectivity index (χ0) is 30.3. The highest BCUT2D eigenvalue weighted by molar-refractivity contribution is 5.24. The van der Waals surface area contributed by atoms with Crippen LogP contribution in [0.25, 0.3) is 0 Å². The first kappa shape index (κ1) is 36.0. The maximum absolute atomic E-state index is 12.6. The molecule has 0 bridgehead atoms. The predicted molar refractivity (Wildman–Crippen MR) is 62.5 cm³/mol. The number of halogens is 24. The SMILES string of the molecule is F/C(=C(/F)C(F)(C(F)(F)F)C(F)(F)F)C(F)(F)F.F/C(=C(\F)C(F)(C(F)(F)F)C(F)(F)F)C(F)(F)F. The van der Waals surface area contributed by atoms with Crippen molar-refractivity contribution in [3.05, 3.63) is 23.3 Å². The Bertz CT molecular complexity index is 716. The van der Waals surface area contributed by atoms with Gasteiger partial charge in [0.05, 0.1) is 0 Å². The van der Waals surface area contributed by atoms with Crippen LogP contribution >= 0.6 is 0 Å². The van der Waals surface area contributed by atoms with Crippen molar-refractivity contribution in [1.82, 2.24) is 0 Å². The zero-order valence-electron chi connectivity index (χ0n) is 15.1. The highest BCUT2D eigenvalue weighted by atomic mass is 19.4. The van der Waals surface area contributed by atoms with Crippen LogP contribution in [0.1, 0.15) is 0 Å². The fourth-order valence-corrected chi connectivity index (χ4v) is 1.37. The molecule has 0 fully saturated rings. The Labute approximate surface area is 178 Å². The summed E-state index contributed by atoms with van der Waals surface area (Å²) in [6.07, 6.45) is -41.7. The van der Waals surface area contributed by atoms with E-state index in [1.165, 1.54) is 0 Å². The summed E-state index contributed by atoms with van der Waals surface area (Å²) in [5, 5.41) is 0. The van der Waals surface area contributed by atoms with Gasteiger partial charge in [0, 0.05) is 0 Å². The van der Waals surface area contributed by atoms with Crippen molar-refractivity contribution in [3.63, 3.8) is 0 Å². The second kappa shape index (κ2) is 9.93. The number of allylic oxidation sites excluding steroid dienone is 4. The molecule has 0 saturated heterocycles. The standard InChI is InChI=1S/2C6F12/c2*7-1(2(8)4(10,11)12)3(9,5(13,14)15)6(16,17)18/b2-1+;2-1-. The topological polar surface area (TPSA) is 0 Å². The molecule has 0 amide bonds. The van der Waals surface area contributed by atoms with E-state index in [1.807, 2.05) is 0 Å². The van der Waals surface area contributed by atoms with Crippen molar-refractivity contribution < 1.29 is 105 Å². The molecule has 0 N–H and O–H groups in total. The predicted octanol–water partition coefficient (Wildman–Crippen LogP) is 9.06. The molecular weight excluding hydrogens is 600 g/mol. The van der Waals surface area contributed by atoms with Gasteiger partial charge in [0.2, 0.25) is 11.7 Å². The van der Waals surface area contributed by atoms with E-state index in [-0.39, 0.29) is 0 Å². The van der Waals surface area contributed by atoms with Crippen molar-refractivity contribution >= 4 is 0 Å². The highest BCUT2D eigenvalue weighted by Crippen LogP contribution is 2.54. The largest absolute Gasteiger partial charge is 0.445 e. The minimum Gasteiger partial charge on any atom is -0.215 e. The van der Waals surface area contributed by atoms with E-state index in [1.54, 1.807) is 0 Å². The Kier molecular flexibility index (Phi) is 9.92. The fourth-order valence-electron chi connectivity index (χ4n) is 1.37. The first-order valence-electron chi connectivity index (χ1n) is 7.04. The van der Waals surface area contributed by atoms with E-state index in [0.717, 1.165) is 0 Å². The summed E-state index contributed by atoms with van der Waals surface area (Å²) >= 11 is 0. The van der Waals surface area contributed by atoms with Crippen molar-refractivity contribution in [3.8, 4) is 0 Å². The van der Waals surface area contributed by atoms with Gasteiger partial charge in [-0.1, -0.05) is 0 Å². The normalized spacial score (nSPS) is 16.7. The van der Waals surface area contributed by atoms with Crippen LogP contribution in [-0.4, -0.2) is 48.4 Å². The first-order chi connectivity index (χ1) is 15.1. The molecule has 0 radical (unpaired) electrons. The molecule has 0 spiro atoms. The number of alkyl halides is 20. The Morgan fingerprint density at radius 1 is 0.250 bits per heavy atom. The van der Waals surface area contributed by atoms with E-state index < -0.39 is 71.7 Å². The van der Waals surface area contributed by atoms with E-state index in [0.29, 0.717) is 0 Å². The van der Waals surface area contributed by atoms with E-state index in [2.05, 4.69) is 0 Å². The number of rotatable bonds is 2. The first-order valence-corrected chi connectivity index (χ1v) is 7.04. The molecule has 0 aliphatic heterocycles. The minimum atomic E-state index is -7.15. The lowest BCUT2D eigenvalue weighted by atomic mass is 10.0. The lowest BCUT2D eigenvalue weighted by Gasteiger charge is -2.28. The van der Waals surface area contributed by atoms with E-state index in [4.69, 9.17) is 0 Å². The van der Waals surface area contributed by atoms with Crippen LogP contribution in [0.3, 0.4) is 0 Å². The van der Waals surface area contributed by atoms with Gasteiger partial charge < -0.3 is 0 Å². The van der Waals surface area contributed by atoms with Crippen molar-refractivity contribution in [1.29, 1.82) is 0 Å². The highest BCUT2D eigenvalue weighted by Gasteiger charge is 2.78. The molecule has 216 valence electrons. The Hall–Kier alpha value is -2.20. The molecule has 24 heteroatoms. The monoisotopic (exact) mass is 600 g/mol. The molecule has 0 aromatic carbocycles. The lowest BCUT2D eigenvalue weighted by Crippen LogP contribution is -2.54. The summed E-state index contributed by atoms with van der Waals surface area (Å²) in [5.41, 5.74) is -14.1. The van der Waals surface area contributed by atoms with Crippen LogP contribution in [0.2, 0.25) is 0 Å². The van der Waals surface area contributed by atoms with Crippen LogP contribution in [-0.2, 0) is 0 Å². The molecule has 0 heterocycles. The van der Waals surface area contributed by atoms with Gasteiger partial charge in [-0.05, 0) is 0 Å². The van der Waals surface area contributed by atoms with Crippen molar-refractivity contribution in [2.24, 2.45) is 0 Å². The molecule has 0 aromatic rings. The molecule has 0 atom stereocenters. The molecule has 0 aromatic heterocycles. The van der Waals surface area contributed by atoms with Gasteiger partial charge in [-0.2, -0.15) is 87.8 Å². The van der Waals surface area contributed by atoms with Crippen molar-refractivity contribution in [2.75, 3.05) is 0 Å². The summed E-state index contributed by atoms with van der Waals surface area (Å²) in [6.45, 7) is 0. The second-order valence-electron chi connectivity index (χ2n) is 5.56. The summed E-state index contributed by atoms with van der Waals surface area (Å²) in [5.74, 6) is -18.2. The Morgan fingerprint density at radius 2 is 0.389 bits per heavy atom. The van der Waals surface area contributed by atoms with Gasteiger partial charge in [-0.25, -0.2) is 17.6 Å². The van der Waals surface area contributed by atoms with Crippen LogP contribution in [0, 0.1) is 0 Å². The third-order valence-corrected chi connectivity index (χ3v) is 3.05. The quantitative estimate of drug-likeness (QED) is 0.278. The minimum absolute atomic E-state index is 4.44. The Morgan fingerprint density at radius 3 is 0.472 bits per heavy atom. The molecular formula is C12F24. The molecule has 36 heavy (non-hydrogen) atoms. The van der Waals surface area contributed by atoms with Crippen molar-refractivity contribution in [2.45, 2.75) is 48.4 Å². The Balaban J connectivity index is 0. The zero-order valence-corrected chi connectivity index (χ0v) is 15.1. The smallest absolute Gasteiger partial charge is 0.215 e. The summed E-state index contributed by atoms with van der Waals surface area (Å²) in [6, 6.07) is 0. The summed E-state index contributed by atoms with van der Waals surface area (Å²) in [4.78, 5) is 0. The molecule has 0 saturated carbocycles. The average Bonchev–Trinajstić information content (AvgIpc) is 2.59. The van der Waals surface area contributed by atoms with Gasteiger partial charge in [0.15, 0.2) is 11.7 Å². The van der Waals surface area contributed by atoms with Gasteiger partial charge >= 0.3 is 48.4 Å². The third-order valence-electron chi connectivity index (χ3n) is 3.05. The third kappa shape index (κ3) is 6.97. The van der Waals surface area contributed by atoms with Gasteiger partial charge in [-0.15, -0.1) is 0 Å². The van der Waals surface area contributed by atoms with Crippen LogP contribution in [0.4, 0.5) is 105 Å². The molecule has 0 aliphatic carbocycles.